The van der Waals surface area contributed by atoms with Crippen molar-refractivity contribution in [1.82, 2.24) is 0 Å². The maximum atomic E-state index is 15.4. The van der Waals surface area contributed by atoms with Gasteiger partial charge in [0.2, 0.25) is 5.82 Å². The maximum absolute atomic E-state index is 15.4. The molecular formula is C25HF17O. The summed E-state index contributed by atoms with van der Waals surface area (Å²) in [6.45, 7) is 0. The van der Waals surface area contributed by atoms with E-state index in [0.717, 1.165) is 0 Å². The van der Waals surface area contributed by atoms with Gasteiger partial charge in [0.1, 0.15) is 0 Å². The van der Waals surface area contributed by atoms with Gasteiger partial charge < -0.3 is 5.11 Å². The van der Waals surface area contributed by atoms with Crippen LogP contribution in [0.15, 0.2) is 0 Å². The second-order valence-corrected chi connectivity index (χ2v) is 8.67. The van der Waals surface area contributed by atoms with Crippen LogP contribution in [0.5, 0.6) is 0 Å². The summed E-state index contributed by atoms with van der Waals surface area (Å²) >= 11 is 0. The molecule has 0 fully saturated rings. The van der Waals surface area contributed by atoms with Crippen LogP contribution in [0.3, 0.4) is 0 Å². The first-order valence-corrected chi connectivity index (χ1v) is 10.7. The van der Waals surface area contributed by atoms with Crippen LogP contribution in [0.1, 0.15) is 16.7 Å². The molecule has 0 unspecified atom stereocenters. The molecule has 18 heteroatoms. The molecule has 0 aromatic heterocycles. The Kier molecular flexibility index (Phi) is 6.53. The normalized spacial score (nSPS) is 13.5. The summed E-state index contributed by atoms with van der Waals surface area (Å²) in [6.07, 6.45) is 0. The highest BCUT2D eigenvalue weighted by Gasteiger charge is 2.57. The lowest BCUT2D eigenvalue weighted by atomic mass is 9.81. The summed E-state index contributed by atoms with van der Waals surface area (Å²) in [5.41, 5.74) is -22.8. The highest BCUT2D eigenvalue weighted by Crippen LogP contribution is 2.57. The van der Waals surface area contributed by atoms with Crippen LogP contribution < -0.4 is 0 Å². The Morgan fingerprint density at radius 2 is 0.419 bits per heavy atom. The zero-order valence-electron chi connectivity index (χ0n) is 19.4. The van der Waals surface area contributed by atoms with Crippen molar-refractivity contribution < 1.29 is 79.7 Å². The molecule has 43 heavy (non-hydrogen) atoms. The Morgan fingerprint density at radius 1 is 0.233 bits per heavy atom. The van der Waals surface area contributed by atoms with Gasteiger partial charge in [0, 0.05) is 22.3 Å². The van der Waals surface area contributed by atoms with Crippen molar-refractivity contribution in [3.8, 4) is 22.3 Å². The quantitative estimate of drug-likeness (QED) is 0.134. The summed E-state index contributed by atoms with van der Waals surface area (Å²) in [5, 5.41) is 11.2. The van der Waals surface area contributed by atoms with E-state index < -0.39 is 143 Å². The smallest absolute Gasteiger partial charge is 0.200 e. The molecule has 0 heterocycles. The molecule has 1 nitrogen and oxygen atoms in total. The molecule has 1 aliphatic carbocycles. The van der Waals surface area contributed by atoms with Gasteiger partial charge in [0.15, 0.2) is 98.7 Å². The van der Waals surface area contributed by atoms with Crippen molar-refractivity contribution in [3.63, 3.8) is 0 Å². The van der Waals surface area contributed by atoms with Crippen molar-refractivity contribution in [2.75, 3.05) is 0 Å². The molecule has 0 bridgehead atoms. The van der Waals surface area contributed by atoms with Crippen LogP contribution in [0.25, 0.3) is 22.3 Å². The lowest BCUT2D eigenvalue weighted by Gasteiger charge is -2.29. The number of halogens is 17. The molecule has 4 aromatic rings. The maximum Gasteiger partial charge on any atom is 0.200 e. The molecule has 0 radical (unpaired) electrons. The molecule has 0 saturated carbocycles. The molecular weight excluding hydrogens is 639 g/mol. The van der Waals surface area contributed by atoms with Gasteiger partial charge in [-0.15, -0.1) is 0 Å². The van der Waals surface area contributed by atoms with Crippen LogP contribution >= 0.6 is 0 Å². The summed E-state index contributed by atoms with van der Waals surface area (Å²) in [4.78, 5) is 0. The minimum Gasteiger partial charge on any atom is -0.376 e. The minimum absolute atomic E-state index is 2.27. The summed E-state index contributed by atoms with van der Waals surface area (Å²) in [5.74, 6) is -51.4. The standard InChI is InChI=1S/C25HF17O/c26-8-1-2-6(15(33)23(41)19(37)9(2)27)25(43,5(1)14(32)22(40)18(8)36)7-16(34)10(28)3(11(29)17(7)35)4-12(30)20(38)24(42)21(39)13(4)31/h43H. The zero-order chi connectivity index (χ0) is 32.4. The number of aliphatic hydroxyl groups is 1. The van der Waals surface area contributed by atoms with Crippen LogP contribution in [0.2, 0.25) is 0 Å². The third kappa shape index (κ3) is 3.46. The highest BCUT2D eigenvalue weighted by atomic mass is 19.2. The van der Waals surface area contributed by atoms with E-state index in [4.69, 9.17) is 0 Å². The SMILES string of the molecule is OC1(c2c(F)c(F)c(-c3c(F)c(F)c(F)c(F)c3F)c(F)c2F)c2c(F)c(F)c(F)c(F)c2-c2c(F)c(F)c(F)c(F)c21. The van der Waals surface area contributed by atoms with E-state index in [1.165, 1.54) is 0 Å². The first kappa shape index (κ1) is 30.1. The van der Waals surface area contributed by atoms with Crippen LogP contribution in [0, 0.1) is 98.9 Å². The van der Waals surface area contributed by atoms with Crippen LogP contribution in [0.4, 0.5) is 74.6 Å². The van der Waals surface area contributed by atoms with E-state index in [9.17, 15) is 62.2 Å². The predicted octanol–water partition coefficient (Wildman–Crippen LogP) is 7.98. The van der Waals surface area contributed by atoms with Gasteiger partial charge in [0.05, 0.1) is 16.7 Å². The second-order valence-electron chi connectivity index (χ2n) is 8.67. The van der Waals surface area contributed by atoms with Crippen LogP contribution in [-0.4, -0.2) is 5.11 Å². The van der Waals surface area contributed by atoms with Crippen LogP contribution in [-0.2, 0) is 5.60 Å². The van der Waals surface area contributed by atoms with Gasteiger partial charge in [0.25, 0.3) is 0 Å². The zero-order valence-corrected chi connectivity index (χ0v) is 19.4. The molecule has 1 N–H and O–H groups in total. The van der Waals surface area contributed by atoms with E-state index in [1.54, 1.807) is 0 Å². The van der Waals surface area contributed by atoms with Crippen molar-refractivity contribution in [1.29, 1.82) is 0 Å². The number of rotatable bonds is 2. The summed E-state index contributed by atoms with van der Waals surface area (Å²) in [6, 6.07) is 0. The predicted molar refractivity (Wildman–Crippen MR) is 105 cm³/mol. The fraction of sp³-hybridized carbons (Fsp3) is 0.0400. The molecule has 4 aromatic carbocycles. The van der Waals surface area contributed by atoms with Gasteiger partial charge in [-0.1, -0.05) is 0 Å². The third-order valence-electron chi connectivity index (χ3n) is 6.59. The average Bonchev–Trinajstić information content (AvgIpc) is 3.25. The number of fused-ring (bicyclic) bond motifs is 3. The molecule has 0 atom stereocenters. The topological polar surface area (TPSA) is 20.2 Å². The van der Waals surface area contributed by atoms with E-state index in [-0.39, 0.29) is 0 Å². The largest absolute Gasteiger partial charge is 0.376 e. The Hall–Kier alpha value is -4.35. The molecule has 1 aliphatic rings. The molecule has 0 amide bonds. The summed E-state index contributed by atoms with van der Waals surface area (Å²) in [7, 11) is 0. The number of benzene rings is 4. The van der Waals surface area contributed by atoms with Crippen molar-refractivity contribution in [2.45, 2.75) is 5.60 Å². The van der Waals surface area contributed by atoms with E-state index in [0.29, 0.717) is 0 Å². The average molecular weight is 640 g/mol. The van der Waals surface area contributed by atoms with E-state index in [1.807, 2.05) is 0 Å². The Balaban J connectivity index is 2.03. The first-order valence-electron chi connectivity index (χ1n) is 10.7. The molecule has 226 valence electrons. The highest BCUT2D eigenvalue weighted by molar-refractivity contribution is 5.84. The Labute approximate surface area is 224 Å². The lowest BCUT2D eigenvalue weighted by Crippen LogP contribution is -2.33. The van der Waals surface area contributed by atoms with E-state index >= 15 is 17.6 Å². The van der Waals surface area contributed by atoms with Gasteiger partial charge in [-0.25, -0.2) is 74.6 Å². The first-order chi connectivity index (χ1) is 19.8. The van der Waals surface area contributed by atoms with Gasteiger partial charge in [-0.2, -0.15) is 0 Å². The Morgan fingerprint density at radius 3 is 0.721 bits per heavy atom. The Bertz CT molecular complexity index is 1840. The van der Waals surface area contributed by atoms with Crippen molar-refractivity contribution >= 4 is 0 Å². The fourth-order valence-corrected chi connectivity index (χ4v) is 4.78. The molecule has 0 saturated heterocycles. The minimum atomic E-state index is -4.91. The monoisotopic (exact) mass is 640 g/mol. The molecule has 0 spiro atoms. The second kappa shape index (κ2) is 9.32. The van der Waals surface area contributed by atoms with Crippen molar-refractivity contribution in [3.05, 3.63) is 116 Å². The molecule has 0 aliphatic heterocycles. The lowest BCUT2D eigenvalue weighted by molar-refractivity contribution is 0.108. The van der Waals surface area contributed by atoms with Gasteiger partial charge >= 0.3 is 0 Å². The van der Waals surface area contributed by atoms with Crippen molar-refractivity contribution in [2.24, 2.45) is 0 Å². The summed E-state index contributed by atoms with van der Waals surface area (Å²) < 4.78 is 246. The fourth-order valence-electron chi connectivity index (χ4n) is 4.78. The van der Waals surface area contributed by atoms with Gasteiger partial charge in [-0.05, 0) is 0 Å². The third-order valence-corrected chi connectivity index (χ3v) is 6.59. The number of hydrogen-bond acceptors (Lipinski definition) is 1. The van der Waals surface area contributed by atoms with E-state index in [2.05, 4.69) is 0 Å². The molecule has 5 rings (SSSR count). The van der Waals surface area contributed by atoms with Gasteiger partial charge in [-0.3, -0.25) is 0 Å². The number of hydrogen-bond donors (Lipinski definition) is 1.